The first kappa shape index (κ1) is 31.4. The summed E-state index contributed by atoms with van der Waals surface area (Å²) in [5.74, 6) is -3.21. The Labute approximate surface area is 254 Å². The molecule has 1 unspecified atom stereocenters. The first-order valence-electron chi connectivity index (χ1n) is 12.9. The number of thiazole rings is 1. The first-order valence-corrected chi connectivity index (χ1v) is 14.8. The molecule has 2 aliphatic heterocycles. The molecule has 0 saturated carbocycles. The zero-order chi connectivity index (χ0) is 31.1. The van der Waals surface area contributed by atoms with Gasteiger partial charge in [-0.25, -0.2) is 14.3 Å². The number of oxime groups is 1. The number of hydrogen-bond acceptors (Lipinski definition) is 12. The maximum absolute atomic E-state index is 13.3. The van der Waals surface area contributed by atoms with E-state index in [0.29, 0.717) is 17.7 Å². The van der Waals surface area contributed by atoms with Crippen molar-refractivity contribution >= 4 is 64.1 Å². The first-order chi connectivity index (χ1) is 20.5. The summed E-state index contributed by atoms with van der Waals surface area (Å²) in [6.45, 7) is 5.23. The second-order valence-electron chi connectivity index (χ2n) is 10.1. The van der Waals surface area contributed by atoms with Gasteiger partial charge >= 0.3 is 5.97 Å². The van der Waals surface area contributed by atoms with Crippen LogP contribution in [0.25, 0.3) is 0 Å². The van der Waals surface area contributed by atoms with Gasteiger partial charge in [0.1, 0.15) is 29.3 Å². The zero-order valence-corrected chi connectivity index (χ0v) is 25.0. The van der Waals surface area contributed by atoms with Crippen molar-refractivity contribution in [3.63, 3.8) is 0 Å². The number of β-lactam (4-membered cyclic amide) rings is 1. The van der Waals surface area contributed by atoms with E-state index in [2.05, 4.69) is 20.8 Å². The highest BCUT2D eigenvalue weighted by molar-refractivity contribution is 8.00. The summed E-state index contributed by atoms with van der Waals surface area (Å²) in [7, 11) is 0. The molecule has 4 heterocycles. The number of esters is 1. The number of fused-ring (bicyclic) bond motifs is 1. The van der Waals surface area contributed by atoms with Gasteiger partial charge in [0.15, 0.2) is 29.8 Å². The average Bonchev–Trinajstić information content (AvgIpc) is 3.41. The molecule has 0 aromatic carbocycles. The number of anilines is 1. The number of thioether (sulfide) groups is 1. The maximum Gasteiger partial charge on any atom is 0.331 e. The molecule has 2 aromatic heterocycles. The summed E-state index contributed by atoms with van der Waals surface area (Å²) in [5.41, 5.74) is -0.628. The number of carbonyl (C=O) groups is 5. The molecule has 2 aromatic rings. The lowest BCUT2D eigenvalue weighted by atomic mass is 10.0. The second kappa shape index (κ2) is 13.6. The van der Waals surface area contributed by atoms with Crippen molar-refractivity contribution in [2.75, 3.05) is 17.7 Å². The minimum atomic E-state index is -1.48. The van der Waals surface area contributed by atoms with Crippen LogP contribution in [-0.2, 0) is 40.1 Å². The van der Waals surface area contributed by atoms with Gasteiger partial charge in [0, 0.05) is 34.9 Å². The van der Waals surface area contributed by atoms with Crippen LogP contribution in [0.5, 0.6) is 0 Å². The lowest BCUT2D eigenvalue weighted by molar-refractivity contribution is -0.689. The number of ether oxygens (including phenoxy) is 1. The molecule has 3 amide bonds. The van der Waals surface area contributed by atoms with Crippen molar-refractivity contribution < 1.29 is 43.2 Å². The summed E-state index contributed by atoms with van der Waals surface area (Å²) in [4.78, 5) is 71.7. The lowest BCUT2D eigenvalue weighted by Crippen LogP contribution is -2.71. The molecular weight excluding hydrogens is 600 g/mol. The number of nitrogens with zero attached hydrogens (tertiary/aromatic N) is 4. The predicted octanol–water partition coefficient (Wildman–Crippen LogP) is -0.278. The van der Waals surface area contributed by atoms with E-state index in [1.165, 1.54) is 23.2 Å². The van der Waals surface area contributed by atoms with E-state index in [4.69, 9.17) is 9.57 Å². The van der Waals surface area contributed by atoms with Crippen molar-refractivity contribution in [1.82, 2.24) is 15.2 Å². The highest BCUT2D eigenvalue weighted by Crippen LogP contribution is 2.40. The van der Waals surface area contributed by atoms with E-state index in [-0.39, 0.29) is 35.4 Å². The quantitative estimate of drug-likeness (QED) is 0.0463. The molecule has 4 rings (SSSR count). The van der Waals surface area contributed by atoms with E-state index in [1.54, 1.807) is 49.9 Å². The smallest absolute Gasteiger partial charge is 0.331 e. The summed E-state index contributed by atoms with van der Waals surface area (Å²) in [6.07, 6.45) is 6.49. The van der Waals surface area contributed by atoms with Crippen molar-refractivity contribution in [3.8, 4) is 0 Å². The molecule has 1 saturated heterocycles. The molecule has 0 aliphatic carbocycles. The van der Waals surface area contributed by atoms with Gasteiger partial charge in [-0.1, -0.05) is 11.2 Å². The third-order valence-electron chi connectivity index (χ3n) is 5.81. The van der Waals surface area contributed by atoms with Crippen LogP contribution in [0.1, 0.15) is 26.5 Å². The van der Waals surface area contributed by atoms with Gasteiger partial charge in [0.05, 0.1) is 11.7 Å². The monoisotopic (exact) mass is 628 g/mol. The molecule has 16 heteroatoms. The third kappa shape index (κ3) is 7.84. The van der Waals surface area contributed by atoms with Gasteiger partial charge in [0.25, 0.3) is 11.8 Å². The largest absolute Gasteiger partial charge is 0.543 e. The molecule has 14 nitrogen and oxygen atoms in total. The average molecular weight is 629 g/mol. The Bertz CT molecular complexity index is 1500. The van der Waals surface area contributed by atoms with Gasteiger partial charge < -0.3 is 30.1 Å². The molecule has 43 heavy (non-hydrogen) atoms. The van der Waals surface area contributed by atoms with Crippen LogP contribution in [0.3, 0.4) is 0 Å². The summed E-state index contributed by atoms with van der Waals surface area (Å²) < 4.78 is 6.95. The normalized spacial score (nSPS) is 18.5. The minimum Gasteiger partial charge on any atom is -0.543 e. The van der Waals surface area contributed by atoms with Gasteiger partial charge in [-0.15, -0.1) is 23.1 Å². The Morgan fingerprint density at radius 2 is 2.00 bits per heavy atom. The Balaban J connectivity index is 1.48. The Morgan fingerprint density at radius 1 is 1.26 bits per heavy atom. The van der Waals surface area contributed by atoms with Crippen molar-refractivity contribution in [3.05, 3.63) is 65.1 Å². The SMILES string of the molecule is CC(C)(C)OC(=O)C=CCON=C(C(=O)NC1C(=O)N2C(C(=O)[O-])=C(C[n+]3ccccc3)CS[C@@H]12)c1csc(NC=O)n1. The highest BCUT2D eigenvalue weighted by Gasteiger charge is 2.53. The van der Waals surface area contributed by atoms with Crippen LogP contribution in [0.2, 0.25) is 0 Å². The molecule has 2 N–H and O–H groups in total. The molecule has 0 spiro atoms. The third-order valence-corrected chi connectivity index (χ3v) is 7.92. The number of carboxylic acids is 1. The number of nitrogens with one attached hydrogen (secondary N) is 2. The fourth-order valence-electron chi connectivity index (χ4n) is 4.09. The molecule has 0 bridgehead atoms. The minimum absolute atomic E-state index is 0.0559. The second-order valence-corrected chi connectivity index (χ2v) is 12.1. The Morgan fingerprint density at radius 3 is 2.67 bits per heavy atom. The topological polar surface area (TPSA) is 183 Å². The molecule has 2 aliphatic rings. The number of rotatable bonds is 12. The zero-order valence-electron chi connectivity index (χ0n) is 23.3. The summed E-state index contributed by atoms with van der Waals surface area (Å²) in [5, 5.41) is 21.9. The highest BCUT2D eigenvalue weighted by atomic mass is 32.2. The summed E-state index contributed by atoms with van der Waals surface area (Å²) in [6, 6.07) is 4.38. The number of carboxylic acid groups (broad SMARTS) is 1. The molecule has 1 fully saturated rings. The Kier molecular flexibility index (Phi) is 9.92. The van der Waals surface area contributed by atoms with Crippen molar-refractivity contribution in [2.45, 2.75) is 44.3 Å². The number of aliphatic carboxylic acids is 1. The van der Waals surface area contributed by atoms with Crippen LogP contribution in [-0.4, -0.2) is 75.1 Å². The standard InChI is InChI=1S/C27H28N6O8S2/c1-27(2,3)41-18(35)8-7-11-40-31-19(17-14-43-26(29-17)28-15-34)22(36)30-20-23(37)33-21(25(38)39)16(13-42-24(20)33)12-32-9-5-4-6-10-32/h4-10,14-15,20,24H,11-13H2,1-3H3,(H2-,28,29,30,34,36,38,39)/t20?,24-/m0/s1. The van der Waals surface area contributed by atoms with Crippen molar-refractivity contribution in [2.24, 2.45) is 5.16 Å². The fraction of sp³-hybridized carbons (Fsp3) is 0.333. The van der Waals surface area contributed by atoms with E-state index >= 15 is 0 Å². The summed E-state index contributed by atoms with van der Waals surface area (Å²) >= 11 is 2.34. The fourth-order valence-corrected chi connectivity index (χ4v) is 6.08. The Hall–Kier alpha value is -4.57. The van der Waals surface area contributed by atoms with Crippen LogP contribution >= 0.6 is 23.1 Å². The van der Waals surface area contributed by atoms with Gasteiger partial charge in [-0.2, -0.15) is 0 Å². The molecular formula is C27H28N6O8S2. The number of pyridine rings is 1. The van der Waals surface area contributed by atoms with E-state index < -0.39 is 40.8 Å². The molecule has 2 atom stereocenters. The van der Waals surface area contributed by atoms with Crippen LogP contribution in [0.15, 0.2) is 64.6 Å². The van der Waals surface area contributed by atoms with Crippen molar-refractivity contribution in [1.29, 1.82) is 0 Å². The van der Waals surface area contributed by atoms with Crippen LogP contribution in [0, 0.1) is 0 Å². The van der Waals surface area contributed by atoms with E-state index in [0.717, 1.165) is 22.3 Å². The lowest BCUT2D eigenvalue weighted by Gasteiger charge is -2.50. The van der Waals surface area contributed by atoms with Crippen LogP contribution in [0.4, 0.5) is 5.13 Å². The number of carbonyl (C=O) groups excluding carboxylic acids is 5. The number of hydrogen-bond donors (Lipinski definition) is 2. The van der Waals surface area contributed by atoms with Gasteiger partial charge in [-0.3, -0.25) is 19.3 Å². The molecule has 226 valence electrons. The predicted molar refractivity (Wildman–Crippen MR) is 153 cm³/mol. The maximum atomic E-state index is 13.3. The van der Waals surface area contributed by atoms with Gasteiger partial charge in [0.2, 0.25) is 6.41 Å². The molecule has 0 radical (unpaired) electrons. The number of amides is 3. The number of aromatic nitrogens is 2. The van der Waals surface area contributed by atoms with Crippen LogP contribution < -0.4 is 20.3 Å². The van der Waals surface area contributed by atoms with E-state index in [9.17, 15) is 29.1 Å². The van der Waals surface area contributed by atoms with Gasteiger partial charge in [-0.05, 0) is 26.8 Å². The van der Waals surface area contributed by atoms with E-state index in [1.807, 2.05) is 6.07 Å².